The molecule has 6 atom stereocenters. The zero-order valence-electron chi connectivity index (χ0n) is 18.9. The van der Waals surface area contributed by atoms with E-state index in [2.05, 4.69) is 25.6 Å². The van der Waals surface area contributed by atoms with Crippen molar-refractivity contribution in [3.05, 3.63) is 40.1 Å². The standard InChI is InChI=1S/C18H22Cl2N6O9P2/c1-8(35-37(32,33)7-36(29,30)31)14-12(27)13(28)17(34-14)26-16-11(24-25-26)15(22-18(20)23-16)21-6-9-4-2-3-5-10(9)19/h2-5,8,12-14,17,27-28H,6-7H2,1H3,(H,32,33)(H,21,22,23)(H2,29,30,31)/t8-,12+,13-,14-,17-/m1/s1. The SMILES string of the molecule is C[C@@H](OP(=O)(O)CP(=O)(O)O)[C@H]1O[C@@H](n2nnc3c(NCc4ccccc4Cl)nc(Cl)nc32)[C@H](O)[C@@H]1O. The number of aromatic nitrogens is 5. The molecule has 1 aliphatic rings. The Hall–Kier alpha value is -1.74. The molecule has 4 rings (SSSR count). The third kappa shape index (κ3) is 6.47. The van der Waals surface area contributed by atoms with E-state index < -0.39 is 51.7 Å². The maximum absolute atomic E-state index is 12.1. The number of benzene rings is 1. The lowest BCUT2D eigenvalue weighted by Crippen LogP contribution is -2.38. The summed E-state index contributed by atoms with van der Waals surface area (Å²) in [5.41, 5.74) is 0.978. The summed E-state index contributed by atoms with van der Waals surface area (Å²) in [5.74, 6) is -1.22. The summed E-state index contributed by atoms with van der Waals surface area (Å²) in [6.45, 7) is 1.50. The molecule has 1 aliphatic heterocycles. The summed E-state index contributed by atoms with van der Waals surface area (Å²) >= 11 is 12.3. The van der Waals surface area contributed by atoms with Gasteiger partial charge >= 0.3 is 15.2 Å². The van der Waals surface area contributed by atoms with E-state index in [9.17, 15) is 24.2 Å². The van der Waals surface area contributed by atoms with E-state index in [-0.39, 0.29) is 28.8 Å². The molecule has 0 spiro atoms. The molecule has 0 bridgehead atoms. The first-order valence-corrected chi connectivity index (χ1v) is 14.9. The molecule has 1 unspecified atom stereocenters. The van der Waals surface area contributed by atoms with Gasteiger partial charge in [-0.15, -0.1) is 5.10 Å². The third-order valence-electron chi connectivity index (χ3n) is 5.37. The van der Waals surface area contributed by atoms with Gasteiger partial charge in [-0.05, 0) is 30.2 Å². The van der Waals surface area contributed by atoms with Gasteiger partial charge in [0.25, 0.3) is 0 Å². The predicted octanol–water partition coefficient (Wildman–Crippen LogP) is 1.49. The van der Waals surface area contributed by atoms with Gasteiger partial charge < -0.3 is 39.5 Å². The fourth-order valence-electron chi connectivity index (χ4n) is 3.78. The lowest BCUT2D eigenvalue weighted by atomic mass is 10.1. The number of aliphatic hydroxyl groups excluding tert-OH is 2. The Morgan fingerprint density at radius 1 is 1.16 bits per heavy atom. The van der Waals surface area contributed by atoms with E-state index in [0.29, 0.717) is 5.02 Å². The number of halogens is 2. The van der Waals surface area contributed by atoms with Crippen LogP contribution < -0.4 is 5.32 Å². The molecule has 15 nitrogen and oxygen atoms in total. The molecule has 0 aliphatic carbocycles. The van der Waals surface area contributed by atoms with Gasteiger partial charge in [0.05, 0.1) is 6.10 Å². The minimum absolute atomic E-state index is 0.0430. The number of anilines is 1. The molecular weight excluding hydrogens is 577 g/mol. The zero-order chi connectivity index (χ0) is 27.1. The summed E-state index contributed by atoms with van der Waals surface area (Å²) in [4.78, 5) is 36.0. The molecule has 2 aromatic heterocycles. The van der Waals surface area contributed by atoms with E-state index in [0.717, 1.165) is 10.2 Å². The zero-order valence-corrected chi connectivity index (χ0v) is 22.2. The highest BCUT2D eigenvalue weighted by molar-refractivity contribution is 7.70. The molecule has 1 saturated heterocycles. The Labute approximate surface area is 219 Å². The molecule has 3 aromatic rings. The fourth-order valence-corrected chi connectivity index (χ4v) is 6.92. The highest BCUT2D eigenvalue weighted by atomic mass is 35.5. The normalized spacial score (nSPS) is 24.8. The number of fused-ring (bicyclic) bond motifs is 1. The molecular formula is C18H22Cl2N6O9P2. The summed E-state index contributed by atoms with van der Waals surface area (Å²) in [5, 5.41) is 32.5. The molecule has 1 aromatic carbocycles. The molecule has 0 radical (unpaired) electrons. The van der Waals surface area contributed by atoms with Crippen molar-refractivity contribution in [1.29, 1.82) is 0 Å². The van der Waals surface area contributed by atoms with Crippen LogP contribution in [0.15, 0.2) is 24.3 Å². The van der Waals surface area contributed by atoms with E-state index >= 15 is 0 Å². The molecule has 3 heterocycles. The third-order valence-corrected chi connectivity index (χ3v) is 9.48. The first-order chi connectivity index (χ1) is 17.3. The maximum atomic E-state index is 12.1. The highest BCUT2D eigenvalue weighted by Crippen LogP contribution is 2.56. The van der Waals surface area contributed by atoms with Gasteiger partial charge in [0.15, 0.2) is 29.1 Å². The van der Waals surface area contributed by atoms with Crippen LogP contribution in [0.25, 0.3) is 11.2 Å². The van der Waals surface area contributed by atoms with Gasteiger partial charge in [-0.1, -0.05) is 35.0 Å². The van der Waals surface area contributed by atoms with Crippen molar-refractivity contribution >= 4 is 55.4 Å². The van der Waals surface area contributed by atoms with E-state index in [1.165, 1.54) is 6.92 Å². The van der Waals surface area contributed by atoms with Crippen molar-refractivity contribution in [2.45, 2.75) is 44.1 Å². The van der Waals surface area contributed by atoms with Gasteiger partial charge in [-0.2, -0.15) is 14.6 Å². The van der Waals surface area contributed by atoms with Crippen molar-refractivity contribution in [3.8, 4) is 0 Å². The quantitative estimate of drug-likeness (QED) is 0.152. The second-order valence-corrected chi connectivity index (χ2v) is 12.9. The van der Waals surface area contributed by atoms with Crippen molar-refractivity contribution in [2.24, 2.45) is 0 Å². The van der Waals surface area contributed by atoms with Crippen LogP contribution in [0.4, 0.5) is 5.82 Å². The van der Waals surface area contributed by atoms with E-state index in [1.54, 1.807) is 12.1 Å². The Morgan fingerprint density at radius 3 is 2.54 bits per heavy atom. The summed E-state index contributed by atoms with van der Waals surface area (Å²) in [7, 11) is -9.64. The van der Waals surface area contributed by atoms with Gasteiger partial charge in [0.1, 0.15) is 18.3 Å². The average molecular weight is 599 g/mol. The fraction of sp³-hybridized carbons (Fsp3) is 0.444. The van der Waals surface area contributed by atoms with Gasteiger partial charge in [0, 0.05) is 11.6 Å². The number of rotatable bonds is 9. The molecule has 202 valence electrons. The Kier molecular flexibility index (Phi) is 8.25. The second kappa shape index (κ2) is 10.8. The molecule has 37 heavy (non-hydrogen) atoms. The molecule has 0 saturated carbocycles. The van der Waals surface area contributed by atoms with Gasteiger partial charge in [-0.25, -0.2) is 0 Å². The summed E-state index contributed by atoms with van der Waals surface area (Å²) in [6.07, 6.45) is -7.37. The first kappa shape index (κ1) is 28.3. The lowest BCUT2D eigenvalue weighted by molar-refractivity contribution is -0.0770. The minimum Gasteiger partial charge on any atom is -0.387 e. The van der Waals surface area contributed by atoms with Crippen LogP contribution in [0.2, 0.25) is 10.3 Å². The van der Waals surface area contributed by atoms with Crippen LogP contribution in [0.3, 0.4) is 0 Å². The van der Waals surface area contributed by atoms with Crippen molar-refractivity contribution in [1.82, 2.24) is 25.0 Å². The largest absolute Gasteiger partial charge is 0.387 e. The Balaban J connectivity index is 1.56. The number of nitrogens with zero attached hydrogens (tertiary/aromatic N) is 5. The number of hydrogen-bond donors (Lipinski definition) is 6. The topological polar surface area (TPSA) is 222 Å². The second-order valence-electron chi connectivity index (χ2n) is 8.22. The highest BCUT2D eigenvalue weighted by Gasteiger charge is 2.49. The Morgan fingerprint density at radius 2 is 1.86 bits per heavy atom. The van der Waals surface area contributed by atoms with E-state index in [4.69, 9.17) is 42.2 Å². The molecule has 19 heteroatoms. The van der Waals surface area contributed by atoms with Gasteiger partial charge in [-0.3, -0.25) is 9.13 Å². The summed E-state index contributed by atoms with van der Waals surface area (Å²) in [6, 6.07) is 7.14. The first-order valence-electron chi connectivity index (χ1n) is 10.6. The van der Waals surface area contributed by atoms with Crippen LogP contribution >= 0.6 is 38.4 Å². The number of nitrogens with one attached hydrogen (secondary N) is 1. The minimum atomic E-state index is -4.87. The predicted molar refractivity (Wildman–Crippen MR) is 130 cm³/mol. The van der Waals surface area contributed by atoms with E-state index in [1.807, 2.05) is 12.1 Å². The van der Waals surface area contributed by atoms with Gasteiger partial charge in [0.2, 0.25) is 5.28 Å². The average Bonchev–Trinajstić information content (AvgIpc) is 3.32. The summed E-state index contributed by atoms with van der Waals surface area (Å²) < 4.78 is 34.8. The molecule has 0 amide bonds. The lowest BCUT2D eigenvalue weighted by Gasteiger charge is -2.24. The molecule has 6 N–H and O–H groups in total. The van der Waals surface area contributed by atoms with Crippen LogP contribution in [0, 0.1) is 0 Å². The molecule has 1 fully saturated rings. The number of aliphatic hydroxyl groups is 2. The van der Waals surface area contributed by atoms with Crippen molar-refractivity contribution < 1.29 is 43.3 Å². The smallest absolute Gasteiger partial charge is 0.340 e. The van der Waals surface area contributed by atoms with Crippen LogP contribution in [-0.4, -0.2) is 80.2 Å². The van der Waals surface area contributed by atoms with Crippen molar-refractivity contribution in [2.75, 3.05) is 11.2 Å². The number of ether oxygens (including phenoxy) is 1. The van der Waals surface area contributed by atoms with Crippen LogP contribution in [0.5, 0.6) is 0 Å². The maximum Gasteiger partial charge on any atom is 0.340 e. The van der Waals surface area contributed by atoms with Crippen LogP contribution in [-0.2, 0) is 24.9 Å². The monoisotopic (exact) mass is 598 g/mol. The van der Waals surface area contributed by atoms with Crippen LogP contribution in [0.1, 0.15) is 18.7 Å². The van der Waals surface area contributed by atoms with Crippen molar-refractivity contribution in [3.63, 3.8) is 0 Å². The number of hydrogen-bond acceptors (Lipinski definition) is 11. The Bertz CT molecular complexity index is 1390.